The fraction of sp³-hybridized carbons (Fsp3) is 0.333. The zero-order chi connectivity index (χ0) is 18.8. The number of benzene rings is 1. The van der Waals surface area contributed by atoms with Crippen LogP contribution in [0, 0.1) is 6.92 Å². The third kappa shape index (κ3) is 3.95. The number of carbonyl (C=O) groups is 1. The Morgan fingerprint density at radius 3 is 2.67 bits per heavy atom. The van der Waals surface area contributed by atoms with Crippen molar-refractivity contribution >= 4 is 5.91 Å². The Hall–Kier alpha value is -2.86. The topological polar surface area (TPSA) is 63.3 Å². The molecule has 0 unspecified atom stereocenters. The highest BCUT2D eigenvalue weighted by atomic mass is 16.3. The van der Waals surface area contributed by atoms with Crippen molar-refractivity contribution in [3.63, 3.8) is 0 Å². The van der Waals surface area contributed by atoms with Crippen LogP contribution in [-0.2, 0) is 11.3 Å². The molecule has 4 rings (SSSR count). The molecule has 2 aromatic heterocycles. The zero-order valence-electron chi connectivity index (χ0n) is 15.6. The molecule has 3 heterocycles. The highest BCUT2D eigenvalue weighted by Gasteiger charge is 2.36. The first kappa shape index (κ1) is 17.5. The van der Waals surface area contributed by atoms with Gasteiger partial charge in [0.1, 0.15) is 11.5 Å². The van der Waals surface area contributed by atoms with Crippen molar-refractivity contribution in [1.29, 1.82) is 0 Å². The molecule has 1 aliphatic rings. The van der Waals surface area contributed by atoms with Crippen LogP contribution in [0.5, 0.6) is 0 Å². The van der Waals surface area contributed by atoms with E-state index in [1.54, 1.807) is 13.1 Å². The molecule has 27 heavy (non-hydrogen) atoms. The molecule has 0 radical (unpaired) electrons. The molecule has 1 aromatic carbocycles. The van der Waals surface area contributed by atoms with Gasteiger partial charge in [0.05, 0.1) is 17.6 Å². The monoisotopic (exact) mass is 364 g/mol. The van der Waals surface area contributed by atoms with Gasteiger partial charge in [-0.25, -0.2) is 4.68 Å². The summed E-state index contributed by atoms with van der Waals surface area (Å²) in [5.74, 6) is 2.02. The van der Waals surface area contributed by atoms with Crippen LogP contribution < -0.4 is 5.32 Å². The standard InChI is InChI=1S/C21H24N4O2/c1-15-4-9-21(27-15)19-13-24(14-20(19)23-16(2)26)12-17-5-7-18(8-6-17)25-11-3-10-22-25/h3-11,19-20H,12-14H2,1-2H3,(H,23,26)/t19-,20-/m1/s1. The minimum atomic E-state index is -0.00120. The van der Waals surface area contributed by atoms with E-state index in [1.165, 1.54) is 5.56 Å². The van der Waals surface area contributed by atoms with Gasteiger partial charge in [-0.1, -0.05) is 12.1 Å². The van der Waals surface area contributed by atoms with Crippen molar-refractivity contribution in [3.8, 4) is 5.69 Å². The number of rotatable bonds is 5. The van der Waals surface area contributed by atoms with E-state index in [1.807, 2.05) is 36.0 Å². The molecule has 2 atom stereocenters. The van der Waals surface area contributed by atoms with Crippen molar-refractivity contribution in [2.45, 2.75) is 32.4 Å². The van der Waals surface area contributed by atoms with Gasteiger partial charge in [-0.3, -0.25) is 9.69 Å². The van der Waals surface area contributed by atoms with Crippen LogP contribution in [0.4, 0.5) is 0 Å². The maximum atomic E-state index is 11.6. The third-order valence-electron chi connectivity index (χ3n) is 5.02. The van der Waals surface area contributed by atoms with E-state index in [0.29, 0.717) is 0 Å². The molecular formula is C21H24N4O2. The number of amides is 1. The predicted octanol–water partition coefficient (Wildman–Crippen LogP) is 2.88. The first-order valence-corrected chi connectivity index (χ1v) is 9.23. The van der Waals surface area contributed by atoms with Gasteiger partial charge < -0.3 is 9.73 Å². The Balaban J connectivity index is 1.46. The molecule has 0 bridgehead atoms. The van der Waals surface area contributed by atoms with Gasteiger partial charge in [0.15, 0.2) is 0 Å². The number of furan rings is 1. The van der Waals surface area contributed by atoms with E-state index in [2.05, 4.69) is 39.6 Å². The van der Waals surface area contributed by atoms with Gasteiger partial charge in [-0.15, -0.1) is 0 Å². The predicted molar refractivity (Wildman–Crippen MR) is 103 cm³/mol. The summed E-state index contributed by atoms with van der Waals surface area (Å²) >= 11 is 0. The number of hydrogen-bond donors (Lipinski definition) is 1. The Bertz CT molecular complexity index is 899. The largest absolute Gasteiger partial charge is 0.466 e. The molecule has 0 spiro atoms. The van der Waals surface area contributed by atoms with Gasteiger partial charge in [-0.2, -0.15) is 5.10 Å². The summed E-state index contributed by atoms with van der Waals surface area (Å²) < 4.78 is 7.70. The third-order valence-corrected chi connectivity index (χ3v) is 5.02. The molecule has 1 aliphatic heterocycles. The summed E-state index contributed by atoms with van der Waals surface area (Å²) in [7, 11) is 0. The fourth-order valence-electron chi connectivity index (χ4n) is 3.80. The summed E-state index contributed by atoms with van der Waals surface area (Å²) in [6, 6.07) is 14.4. The van der Waals surface area contributed by atoms with Gasteiger partial charge in [0, 0.05) is 39.0 Å². The normalized spacial score (nSPS) is 20.1. The number of carbonyl (C=O) groups excluding carboxylic acids is 1. The Morgan fingerprint density at radius 1 is 1.22 bits per heavy atom. The van der Waals surface area contributed by atoms with Crippen LogP contribution >= 0.6 is 0 Å². The van der Waals surface area contributed by atoms with Crippen LogP contribution in [0.15, 0.2) is 59.3 Å². The maximum Gasteiger partial charge on any atom is 0.217 e. The van der Waals surface area contributed by atoms with E-state index in [-0.39, 0.29) is 17.9 Å². The summed E-state index contributed by atoms with van der Waals surface area (Å²) in [6.07, 6.45) is 3.71. The molecule has 0 saturated carbocycles. The van der Waals surface area contributed by atoms with E-state index in [4.69, 9.17) is 4.42 Å². The molecule has 1 fully saturated rings. The second kappa shape index (κ2) is 7.40. The number of nitrogens with one attached hydrogen (secondary N) is 1. The lowest BCUT2D eigenvalue weighted by molar-refractivity contribution is -0.119. The zero-order valence-corrected chi connectivity index (χ0v) is 15.6. The molecule has 0 aliphatic carbocycles. The number of aromatic nitrogens is 2. The van der Waals surface area contributed by atoms with Crippen LogP contribution in [-0.4, -0.2) is 39.7 Å². The van der Waals surface area contributed by atoms with Crippen molar-refractivity contribution in [3.05, 3.63) is 71.9 Å². The molecule has 3 aromatic rings. The second-order valence-electron chi connectivity index (χ2n) is 7.17. The number of aryl methyl sites for hydroxylation is 1. The Labute approximate surface area is 158 Å². The van der Waals surface area contributed by atoms with Crippen molar-refractivity contribution in [2.24, 2.45) is 0 Å². The molecule has 1 saturated heterocycles. The summed E-state index contributed by atoms with van der Waals surface area (Å²) in [5.41, 5.74) is 2.29. The van der Waals surface area contributed by atoms with Crippen molar-refractivity contribution in [2.75, 3.05) is 13.1 Å². The van der Waals surface area contributed by atoms with Gasteiger partial charge in [-0.05, 0) is 42.8 Å². The molecule has 1 N–H and O–H groups in total. The smallest absolute Gasteiger partial charge is 0.217 e. The molecule has 140 valence electrons. The first-order valence-electron chi connectivity index (χ1n) is 9.23. The maximum absolute atomic E-state index is 11.6. The van der Waals surface area contributed by atoms with Crippen LogP contribution in [0.25, 0.3) is 5.69 Å². The lowest BCUT2D eigenvalue weighted by atomic mass is 10.0. The van der Waals surface area contributed by atoms with Crippen LogP contribution in [0.1, 0.15) is 29.9 Å². The molecule has 6 heteroatoms. The Kier molecular flexibility index (Phi) is 4.81. The van der Waals surface area contributed by atoms with Crippen LogP contribution in [0.2, 0.25) is 0 Å². The highest BCUT2D eigenvalue weighted by molar-refractivity contribution is 5.73. The lowest BCUT2D eigenvalue weighted by Crippen LogP contribution is -2.38. The summed E-state index contributed by atoms with van der Waals surface area (Å²) in [4.78, 5) is 14.0. The SMILES string of the molecule is CC(=O)N[C@@H]1CN(Cc2ccc(-n3cccn3)cc2)C[C@H]1c1ccc(C)o1. The highest BCUT2D eigenvalue weighted by Crippen LogP contribution is 2.30. The van der Waals surface area contributed by atoms with Crippen molar-refractivity contribution in [1.82, 2.24) is 20.0 Å². The van der Waals surface area contributed by atoms with Gasteiger partial charge in [0.25, 0.3) is 0 Å². The Morgan fingerprint density at radius 2 is 2.04 bits per heavy atom. The van der Waals surface area contributed by atoms with Gasteiger partial charge in [0.2, 0.25) is 5.91 Å². The average molecular weight is 364 g/mol. The minimum Gasteiger partial charge on any atom is -0.466 e. The van der Waals surface area contributed by atoms with E-state index in [0.717, 1.165) is 36.8 Å². The van der Waals surface area contributed by atoms with Crippen LogP contribution in [0.3, 0.4) is 0 Å². The molecular weight excluding hydrogens is 340 g/mol. The quantitative estimate of drug-likeness (QED) is 0.756. The lowest BCUT2D eigenvalue weighted by Gasteiger charge is -2.17. The first-order chi connectivity index (χ1) is 13.1. The fourth-order valence-corrected chi connectivity index (χ4v) is 3.80. The summed E-state index contributed by atoms with van der Waals surface area (Å²) in [5, 5.41) is 7.35. The average Bonchev–Trinajstić information content (AvgIpc) is 3.37. The van der Waals surface area contributed by atoms with E-state index >= 15 is 0 Å². The minimum absolute atomic E-state index is 0.00120. The van der Waals surface area contributed by atoms with Crippen molar-refractivity contribution < 1.29 is 9.21 Å². The van der Waals surface area contributed by atoms with Gasteiger partial charge >= 0.3 is 0 Å². The van der Waals surface area contributed by atoms with E-state index < -0.39 is 0 Å². The number of likely N-dealkylation sites (tertiary alicyclic amines) is 1. The number of hydrogen-bond acceptors (Lipinski definition) is 4. The number of nitrogens with zero attached hydrogens (tertiary/aromatic N) is 3. The summed E-state index contributed by atoms with van der Waals surface area (Å²) in [6.45, 7) is 6.03. The molecule has 1 amide bonds. The molecule has 6 nitrogen and oxygen atoms in total. The van der Waals surface area contributed by atoms with E-state index in [9.17, 15) is 4.79 Å². The second-order valence-corrected chi connectivity index (χ2v) is 7.17.